The fourth-order valence-electron chi connectivity index (χ4n) is 7.10. The number of aromatic nitrogens is 5. The van der Waals surface area contributed by atoms with Crippen LogP contribution in [-0.4, -0.2) is 62.0 Å². The van der Waals surface area contributed by atoms with Gasteiger partial charge in [0, 0.05) is 55.7 Å². The molecule has 2 aliphatic heterocycles. The van der Waals surface area contributed by atoms with Crippen molar-refractivity contribution >= 4 is 28.6 Å². The Bertz CT molecular complexity index is 1670. The van der Waals surface area contributed by atoms with Gasteiger partial charge in [-0.25, -0.2) is 9.67 Å². The number of imidazole rings is 1. The van der Waals surface area contributed by atoms with Crippen LogP contribution in [0.3, 0.4) is 0 Å². The average Bonchev–Trinajstić information content (AvgIpc) is 3.63. The Labute approximate surface area is 246 Å². The fraction of sp³-hybridized carbons (Fsp3) is 0.500. The van der Waals surface area contributed by atoms with Gasteiger partial charge in [0.05, 0.1) is 34.6 Å². The van der Waals surface area contributed by atoms with Gasteiger partial charge in [0.1, 0.15) is 0 Å². The molecule has 0 unspecified atom stereocenters. The van der Waals surface area contributed by atoms with Crippen LogP contribution >= 0.6 is 0 Å². The SMILES string of the molecule is Cc1cc2cc(n1)-c1c(C)nn(C)c1OC[C@H]1CC[C@H](C1)Cn1c(nc3ccc(N4C[C@@H](C)NC[C@H]4C)cc31)NC2=O. The maximum Gasteiger partial charge on any atom is 0.258 e. The Morgan fingerprint density at radius 3 is 2.71 bits per heavy atom. The first-order valence-corrected chi connectivity index (χ1v) is 15.2. The molecule has 2 fully saturated rings. The number of nitrogens with one attached hydrogen (secondary N) is 2. The molecule has 10 nitrogen and oxygen atoms in total. The topological polar surface area (TPSA) is 102 Å². The summed E-state index contributed by atoms with van der Waals surface area (Å²) in [6.07, 6.45) is 3.29. The standard InChI is InChI=1S/C32H40N8O2/c1-18-10-24-12-27(34-18)29-21(4)37-38(5)31(29)42-17-23-7-6-22(11-23)16-40-28-13-25(39-15-19(2)33-14-20(39)3)8-9-26(28)35-32(40)36-30(24)41/h8-10,12-13,19-20,22-23,33H,6-7,11,14-17H2,1-5H3,(H,35,36,41)/t19-,20-,22-,23+/m1/s1. The van der Waals surface area contributed by atoms with Gasteiger partial charge in [0.2, 0.25) is 11.8 Å². The van der Waals surface area contributed by atoms with E-state index in [0.717, 1.165) is 66.9 Å². The van der Waals surface area contributed by atoms with Crippen LogP contribution in [-0.2, 0) is 13.6 Å². The molecule has 3 aromatic heterocycles. The molecule has 1 aromatic carbocycles. The predicted octanol–water partition coefficient (Wildman–Crippen LogP) is 4.70. The third-order valence-electron chi connectivity index (χ3n) is 9.24. The first kappa shape index (κ1) is 26.9. The first-order chi connectivity index (χ1) is 20.2. The molecule has 1 saturated carbocycles. The highest BCUT2D eigenvalue weighted by Crippen LogP contribution is 2.38. The molecule has 5 heterocycles. The number of amides is 1. The van der Waals surface area contributed by atoms with E-state index in [1.54, 1.807) is 4.68 Å². The fourth-order valence-corrected chi connectivity index (χ4v) is 7.10. The van der Waals surface area contributed by atoms with Crippen molar-refractivity contribution in [1.82, 2.24) is 29.6 Å². The van der Waals surface area contributed by atoms with Crippen molar-refractivity contribution in [3.63, 3.8) is 0 Å². The van der Waals surface area contributed by atoms with Crippen LogP contribution in [0.15, 0.2) is 30.3 Å². The zero-order valence-electron chi connectivity index (χ0n) is 25.1. The van der Waals surface area contributed by atoms with E-state index in [1.165, 1.54) is 5.69 Å². The second-order valence-corrected chi connectivity index (χ2v) is 12.6. The number of rotatable bonds is 1. The zero-order chi connectivity index (χ0) is 29.1. The number of benzene rings is 1. The van der Waals surface area contributed by atoms with Crippen molar-refractivity contribution in [2.75, 3.05) is 29.9 Å². The van der Waals surface area contributed by atoms with Crippen LogP contribution in [0.4, 0.5) is 11.6 Å². The number of hydrogen-bond acceptors (Lipinski definition) is 7. The number of carbonyl (C=O) groups is 1. The van der Waals surface area contributed by atoms with E-state index in [4.69, 9.17) is 14.7 Å². The summed E-state index contributed by atoms with van der Waals surface area (Å²) in [5.41, 5.74) is 6.81. The highest BCUT2D eigenvalue weighted by Gasteiger charge is 2.30. The number of ether oxygens (including phenoxy) is 1. The third kappa shape index (κ3) is 4.81. The van der Waals surface area contributed by atoms with Gasteiger partial charge < -0.3 is 19.5 Å². The number of anilines is 2. The molecule has 42 heavy (non-hydrogen) atoms. The summed E-state index contributed by atoms with van der Waals surface area (Å²) in [5, 5.41) is 11.4. The number of aryl methyl sites for hydroxylation is 3. The summed E-state index contributed by atoms with van der Waals surface area (Å²) in [6, 6.07) is 11.0. The minimum Gasteiger partial charge on any atom is -0.477 e. The molecule has 1 saturated heterocycles. The molecule has 4 bridgehead atoms. The lowest BCUT2D eigenvalue weighted by Crippen LogP contribution is -2.54. The summed E-state index contributed by atoms with van der Waals surface area (Å²) in [4.78, 5) is 26.0. The maximum absolute atomic E-state index is 13.8. The molecule has 1 aliphatic carbocycles. The zero-order valence-corrected chi connectivity index (χ0v) is 25.1. The molecule has 7 rings (SSSR count). The van der Waals surface area contributed by atoms with E-state index >= 15 is 0 Å². The van der Waals surface area contributed by atoms with E-state index in [-0.39, 0.29) is 5.91 Å². The quantitative estimate of drug-likeness (QED) is 0.343. The first-order valence-electron chi connectivity index (χ1n) is 15.2. The van der Waals surface area contributed by atoms with Crippen LogP contribution in [0.2, 0.25) is 0 Å². The van der Waals surface area contributed by atoms with E-state index in [0.29, 0.717) is 53.6 Å². The Morgan fingerprint density at radius 1 is 1.02 bits per heavy atom. The molecule has 0 spiro atoms. The lowest BCUT2D eigenvalue weighted by Gasteiger charge is -2.39. The van der Waals surface area contributed by atoms with Crippen LogP contribution in [0, 0.1) is 25.7 Å². The van der Waals surface area contributed by atoms with Gasteiger partial charge in [-0.2, -0.15) is 5.10 Å². The minimum absolute atomic E-state index is 0.203. The van der Waals surface area contributed by atoms with Gasteiger partial charge >= 0.3 is 0 Å². The molecular formula is C32H40N8O2. The number of carbonyl (C=O) groups excluding carboxylic acids is 1. The summed E-state index contributed by atoms with van der Waals surface area (Å²) >= 11 is 0. The van der Waals surface area contributed by atoms with Gasteiger partial charge in [-0.3, -0.25) is 15.1 Å². The average molecular weight is 569 g/mol. The summed E-state index contributed by atoms with van der Waals surface area (Å²) in [7, 11) is 1.90. The molecule has 10 heteroatoms. The van der Waals surface area contributed by atoms with Crippen LogP contribution < -0.4 is 20.3 Å². The highest BCUT2D eigenvalue weighted by atomic mass is 16.5. The van der Waals surface area contributed by atoms with Gasteiger partial charge in [0.25, 0.3) is 5.91 Å². The molecule has 4 atom stereocenters. The Hall–Kier alpha value is -3.92. The second-order valence-electron chi connectivity index (χ2n) is 12.6. The predicted molar refractivity (Wildman–Crippen MR) is 164 cm³/mol. The lowest BCUT2D eigenvalue weighted by atomic mass is 10.1. The smallest absolute Gasteiger partial charge is 0.258 e. The van der Waals surface area contributed by atoms with E-state index < -0.39 is 0 Å². The second kappa shape index (κ2) is 10.4. The van der Waals surface area contributed by atoms with Crippen molar-refractivity contribution in [2.45, 2.75) is 65.6 Å². The Balaban J connectivity index is 1.32. The molecule has 220 valence electrons. The van der Waals surface area contributed by atoms with E-state index in [9.17, 15) is 4.79 Å². The molecule has 2 N–H and O–H groups in total. The summed E-state index contributed by atoms with van der Waals surface area (Å²) in [6.45, 7) is 11.7. The van der Waals surface area contributed by atoms with E-state index in [2.05, 4.69) is 57.2 Å². The highest BCUT2D eigenvalue weighted by molar-refractivity contribution is 6.05. The largest absolute Gasteiger partial charge is 0.477 e. The number of fused-ring (bicyclic) bond motifs is 9. The van der Waals surface area contributed by atoms with Gasteiger partial charge in [-0.05, 0) is 89.1 Å². The van der Waals surface area contributed by atoms with Gasteiger partial charge in [-0.15, -0.1) is 0 Å². The monoisotopic (exact) mass is 568 g/mol. The number of pyridine rings is 1. The van der Waals surface area contributed by atoms with Crippen LogP contribution in [0.5, 0.6) is 5.88 Å². The summed E-state index contributed by atoms with van der Waals surface area (Å²) < 4.78 is 10.5. The van der Waals surface area contributed by atoms with Crippen molar-refractivity contribution in [2.24, 2.45) is 18.9 Å². The van der Waals surface area contributed by atoms with Gasteiger partial charge in [-0.1, -0.05) is 0 Å². The van der Waals surface area contributed by atoms with Crippen molar-refractivity contribution in [3.05, 3.63) is 47.3 Å². The number of piperazine rings is 1. The molecule has 1 amide bonds. The molecule has 3 aliphatic rings. The van der Waals surface area contributed by atoms with Crippen molar-refractivity contribution < 1.29 is 9.53 Å². The molecule has 4 aromatic rings. The van der Waals surface area contributed by atoms with Crippen LogP contribution in [0.1, 0.15) is 54.9 Å². The van der Waals surface area contributed by atoms with Crippen LogP contribution in [0.25, 0.3) is 22.3 Å². The molecule has 0 radical (unpaired) electrons. The van der Waals surface area contributed by atoms with Gasteiger partial charge in [0.15, 0.2) is 0 Å². The number of hydrogen-bond donors (Lipinski definition) is 2. The normalized spacial score (nSPS) is 24.4. The lowest BCUT2D eigenvalue weighted by molar-refractivity contribution is 0.102. The third-order valence-corrected chi connectivity index (χ3v) is 9.24. The summed E-state index contributed by atoms with van der Waals surface area (Å²) in [5.74, 6) is 2.02. The molecular weight excluding hydrogens is 528 g/mol. The number of nitrogens with zero attached hydrogens (tertiary/aromatic N) is 6. The van der Waals surface area contributed by atoms with Crippen molar-refractivity contribution in [1.29, 1.82) is 0 Å². The van der Waals surface area contributed by atoms with Crippen molar-refractivity contribution in [3.8, 4) is 17.1 Å². The van der Waals surface area contributed by atoms with E-state index in [1.807, 2.05) is 33.0 Å². The minimum atomic E-state index is -0.203. The Morgan fingerprint density at radius 2 is 1.86 bits per heavy atom. The Kier molecular flexibility index (Phi) is 6.68. The maximum atomic E-state index is 13.8.